The first kappa shape index (κ1) is 16.5. The molecule has 1 N–H and O–H groups in total. The van der Waals surface area contributed by atoms with Gasteiger partial charge in [0.05, 0.1) is 0 Å². The van der Waals surface area contributed by atoms with Crippen molar-refractivity contribution >= 4 is 0 Å². The first-order valence-corrected chi connectivity index (χ1v) is 8.35. The molecule has 2 nitrogen and oxygen atoms in total. The molecule has 0 saturated carbocycles. The minimum atomic E-state index is 0.367. The van der Waals surface area contributed by atoms with Crippen LogP contribution in [0, 0.1) is 25.2 Å². The van der Waals surface area contributed by atoms with Crippen LogP contribution >= 0.6 is 0 Å². The van der Waals surface area contributed by atoms with Gasteiger partial charge in [0.1, 0.15) is 0 Å². The number of hydrogen-bond donors (Lipinski definition) is 1. The summed E-state index contributed by atoms with van der Waals surface area (Å²) in [6.45, 7) is 13.0. The molecule has 1 aliphatic heterocycles. The Kier molecular flexibility index (Phi) is 5.83. The molecule has 1 saturated heterocycles. The molecule has 0 amide bonds. The van der Waals surface area contributed by atoms with Crippen LogP contribution in [0.3, 0.4) is 0 Å². The zero-order valence-corrected chi connectivity index (χ0v) is 14.2. The second kappa shape index (κ2) is 7.42. The summed E-state index contributed by atoms with van der Waals surface area (Å²) in [6, 6.07) is 6.85. The molecule has 1 heterocycles. The molecule has 118 valence electrons. The largest absolute Gasteiger partial charge is 0.381 e. The Morgan fingerprint density at radius 1 is 1.19 bits per heavy atom. The predicted molar refractivity (Wildman–Crippen MR) is 89.8 cm³/mol. The lowest BCUT2D eigenvalue weighted by molar-refractivity contribution is 0.0146. The van der Waals surface area contributed by atoms with Crippen LogP contribution in [0.4, 0.5) is 0 Å². The van der Waals surface area contributed by atoms with Gasteiger partial charge in [-0.05, 0) is 62.1 Å². The highest BCUT2D eigenvalue weighted by Crippen LogP contribution is 2.35. The lowest BCUT2D eigenvalue weighted by Crippen LogP contribution is -2.42. The van der Waals surface area contributed by atoms with Gasteiger partial charge in [-0.1, -0.05) is 37.6 Å². The van der Waals surface area contributed by atoms with Crippen molar-refractivity contribution in [1.82, 2.24) is 5.32 Å². The van der Waals surface area contributed by atoms with E-state index in [-0.39, 0.29) is 0 Å². The van der Waals surface area contributed by atoms with Crippen LogP contribution in [0.25, 0.3) is 0 Å². The fraction of sp³-hybridized carbons (Fsp3) is 0.684. The summed E-state index contributed by atoms with van der Waals surface area (Å²) in [5.74, 6) is 0.711. The van der Waals surface area contributed by atoms with Gasteiger partial charge in [0, 0.05) is 19.8 Å². The van der Waals surface area contributed by atoms with E-state index in [1.807, 2.05) is 0 Å². The Balaban J connectivity index is 2.09. The molecule has 0 spiro atoms. The number of ether oxygens (including phenoxy) is 1. The Bertz CT molecular complexity index is 447. The van der Waals surface area contributed by atoms with Crippen LogP contribution < -0.4 is 5.32 Å². The van der Waals surface area contributed by atoms with E-state index in [1.54, 1.807) is 0 Å². The smallest absolute Gasteiger partial charge is 0.0471 e. The van der Waals surface area contributed by atoms with Gasteiger partial charge in [-0.2, -0.15) is 0 Å². The molecule has 2 heteroatoms. The normalized spacial score (nSPS) is 18.1. The van der Waals surface area contributed by atoms with Crippen molar-refractivity contribution in [1.29, 1.82) is 0 Å². The molecule has 0 atom stereocenters. The van der Waals surface area contributed by atoms with Gasteiger partial charge >= 0.3 is 0 Å². The summed E-state index contributed by atoms with van der Waals surface area (Å²) in [5.41, 5.74) is 4.68. The number of nitrogens with one attached hydrogen (secondary N) is 1. The Morgan fingerprint density at radius 2 is 1.90 bits per heavy atom. The van der Waals surface area contributed by atoms with E-state index in [0.29, 0.717) is 11.3 Å². The molecule has 0 unspecified atom stereocenters. The Labute approximate surface area is 130 Å². The lowest BCUT2D eigenvalue weighted by Gasteiger charge is -2.38. The fourth-order valence-electron chi connectivity index (χ4n) is 3.24. The molecular weight excluding hydrogens is 258 g/mol. The molecule has 1 aromatic carbocycles. The molecule has 0 bridgehead atoms. The van der Waals surface area contributed by atoms with E-state index in [4.69, 9.17) is 4.74 Å². The highest BCUT2D eigenvalue weighted by atomic mass is 16.5. The third kappa shape index (κ3) is 4.82. The number of benzene rings is 1. The first-order valence-electron chi connectivity index (χ1n) is 8.35. The summed E-state index contributed by atoms with van der Waals surface area (Å²) in [4.78, 5) is 0. The van der Waals surface area contributed by atoms with E-state index >= 15 is 0 Å². The van der Waals surface area contributed by atoms with E-state index in [2.05, 4.69) is 51.2 Å². The fourth-order valence-corrected chi connectivity index (χ4v) is 3.24. The van der Waals surface area contributed by atoms with Crippen molar-refractivity contribution < 1.29 is 4.74 Å². The average Bonchev–Trinajstić information content (AvgIpc) is 2.43. The molecule has 0 radical (unpaired) electrons. The summed E-state index contributed by atoms with van der Waals surface area (Å²) in [5, 5.41) is 3.69. The minimum absolute atomic E-state index is 0.367. The van der Waals surface area contributed by atoms with Gasteiger partial charge in [0.2, 0.25) is 0 Å². The third-order valence-electron chi connectivity index (χ3n) is 4.68. The van der Waals surface area contributed by atoms with Gasteiger partial charge in [0.15, 0.2) is 0 Å². The van der Waals surface area contributed by atoms with Crippen molar-refractivity contribution in [3.63, 3.8) is 0 Å². The van der Waals surface area contributed by atoms with Gasteiger partial charge in [-0.3, -0.25) is 0 Å². The van der Waals surface area contributed by atoms with Gasteiger partial charge < -0.3 is 10.1 Å². The second-order valence-corrected chi connectivity index (χ2v) is 7.24. The van der Waals surface area contributed by atoms with Gasteiger partial charge in [-0.15, -0.1) is 0 Å². The third-order valence-corrected chi connectivity index (χ3v) is 4.68. The van der Waals surface area contributed by atoms with E-state index in [0.717, 1.165) is 26.3 Å². The second-order valence-electron chi connectivity index (χ2n) is 7.24. The van der Waals surface area contributed by atoms with Crippen LogP contribution in [0.5, 0.6) is 0 Å². The van der Waals surface area contributed by atoms with Gasteiger partial charge in [0.25, 0.3) is 0 Å². The minimum Gasteiger partial charge on any atom is -0.381 e. The summed E-state index contributed by atoms with van der Waals surface area (Å²) >= 11 is 0. The molecule has 21 heavy (non-hydrogen) atoms. The van der Waals surface area contributed by atoms with Crippen molar-refractivity contribution in [3.8, 4) is 0 Å². The lowest BCUT2D eigenvalue weighted by atomic mass is 9.74. The Hall–Kier alpha value is -0.860. The quantitative estimate of drug-likeness (QED) is 0.858. The molecule has 1 aliphatic rings. The number of aryl methyl sites for hydroxylation is 2. The SMILES string of the molecule is Cc1ccc(C)c(CC2(CNCC(C)C)CCOCC2)c1. The topological polar surface area (TPSA) is 21.3 Å². The molecule has 1 fully saturated rings. The molecule has 1 aromatic rings. The summed E-state index contributed by atoms with van der Waals surface area (Å²) in [6.07, 6.45) is 3.52. The molecule has 0 aromatic heterocycles. The van der Waals surface area contributed by atoms with Gasteiger partial charge in [-0.25, -0.2) is 0 Å². The summed E-state index contributed by atoms with van der Waals surface area (Å²) < 4.78 is 5.62. The van der Waals surface area contributed by atoms with Crippen molar-refractivity contribution in [2.75, 3.05) is 26.3 Å². The zero-order chi connectivity index (χ0) is 15.3. The highest BCUT2D eigenvalue weighted by molar-refractivity contribution is 5.31. The standard InChI is InChI=1S/C19H31NO/c1-15(2)13-20-14-19(7-9-21-10-8-19)12-18-11-16(3)5-6-17(18)4/h5-6,11,15,20H,7-10,12-14H2,1-4H3. The van der Waals surface area contributed by atoms with Crippen molar-refractivity contribution in [2.24, 2.45) is 11.3 Å². The van der Waals surface area contributed by atoms with E-state index in [1.165, 1.54) is 36.0 Å². The van der Waals surface area contributed by atoms with Crippen LogP contribution in [0.2, 0.25) is 0 Å². The molecule has 2 rings (SSSR count). The maximum Gasteiger partial charge on any atom is 0.0471 e. The first-order chi connectivity index (χ1) is 10.0. The maximum atomic E-state index is 5.62. The maximum absolute atomic E-state index is 5.62. The van der Waals surface area contributed by atoms with E-state index < -0.39 is 0 Å². The number of rotatable bonds is 6. The van der Waals surface area contributed by atoms with E-state index in [9.17, 15) is 0 Å². The van der Waals surface area contributed by atoms with Crippen LogP contribution in [0.15, 0.2) is 18.2 Å². The average molecular weight is 289 g/mol. The van der Waals surface area contributed by atoms with Crippen LogP contribution in [0.1, 0.15) is 43.4 Å². The number of hydrogen-bond acceptors (Lipinski definition) is 2. The van der Waals surface area contributed by atoms with Crippen LogP contribution in [-0.2, 0) is 11.2 Å². The highest BCUT2D eigenvalue weighted by Gasteiger charge is 2.32. The molecular formula is C19H31NO. The van der Waals surface area contributed by atoms with Crippen molar-refractivity contribution in [2.45, 2.75) is 47.0 Å². The van der Waals surface area contributed by atoms with Crippen LogP contribution in [-0.4, -0.2) is 26.3 Å². The molecule has 0 aliphatic carbocycles. The monoisotopic (exact) mass is 289 g/mol. The summed E-state index contributed by atoms with van der Waals surface area (Å²) in [7, 11) is 0. The Morgan fingerprint density at radius 3 is 2.57 bits per heavy atom. The zero-order valence-electron chi connectivity index (χ0n) is 14.2. The predicted octanol–water partition coefficient (Wildman–Crippen LogP) is 3.89. The van der Waals surface area contributed by atoms with Crippen molar-refractivity contribution in [3.05, 3.63) is 34.9 Å².